The maximum Gasteiger partial charge on any atom is 0.303 e. The third-order valence-corrected chi connectivity index (χ3v) is 9.74. The number of carboxylic acid groups (broad SMARTS) is 1. The van der Waals surface area contributed by atoms with Crippen molar-refractivity contribution >= 4 is 11.8 Å². The first-order chi connectivity index (χ1) is 12.3. The van der Waals surface area contributed by atoms with Crippen LogP contribution in [0.5, 0.6) is 0 Å². The summed E-state index contributed by atoms with van der Waals surface area (Å²) in [5, 5.41) is 9.27. The Labute approximate surface area is 158 Å². The van der Waals surface area contributed by atoms with E-state index in [-0.39, 0.29) is 0 Å². The first-order valence-corrected chi connectivity index (χ1v) is 11.0. The predicted molar refractivity (Wildman–Crippen MR) is 102 cm³/mol. The van der Waals surface area contributed by atoms with Crippen LogP contribution in [0.1, 0.15) is 85.0 Å². The van der Waals surface area contributed by atoms with Gasteiger partial charge in [-0.3, -0.25) is 9.59 Å². The second-order valence-corrected chi connectivity index (χ2v) is 10.7. The van der Waals surface area contributed by atoms with Crippen molar-refractivity contribution in [1.82, 2.24) is 0 Å². The summed E-state index contributed by atoms with van der Waals surface area (Å²) in [6, 6.07) is 0. The molecule has 0 heterocycles. The van der Waals surface area contributed by atoms with E-state index in [1.165, 1.54) is 38.5 Å². The second kappa shape index (κ2) is 6.34. The van der Waals surface area contributed by atoms with Crippen LogP contribution >= 0.6 is 0 Å². The van der Waals surface area contributed by atoms with Gasteiger partial charge in [-0.2, -0.15) is 0 Å². The van der Waals surface area contributed by atoms with Gasteiger partial charge >= 0.3 is 5.97 Å². The van der Waals surface area contributed by atoms with Crippen LogP contribution in [-0.2, 0) is 9.59 Å². The fraction of sp³-hybridized carbons (Fsp3) is 0.913. The van der Waals surface area contributed by atoms with Crippen molar-refractivity contribution in [2.24, 2.45) is 46.3 Å². The van der Waals surface area contributed by atoms with Gasteiger partial charge in [0.05, 0.1) is 0 Å². The highest BCUT2D eigenvalue weighted by atomic mass is 16.4. The van der Waals surface area contributed by atoms with Gasteiger partial charge in [-0.05, 0) is 91.3 Å². The molecule has 0 aliphatic heterocycles. The van der Waals surface area contributed by atoms with Gasteiger partial charge in [0.25, 0.3) is 0 Å². The number of hydrogen-bond acceptors (Lipinski definition) is 2. The van der Waals surface area contributed by atoms with Gasteiger partial charge < -0.3 is 5.11 Å². The second-order valence-electron chi connectivity index (χ2n) is 10.7. The molecule has 8 atom stereocenters. The number of ketones is 1. The first-order valence-electron chi connectivity index (χ1n) is 11.0. The molecule has 0 amide bonds. The third kappa shape index (κ3) is 2.67. The molecule has 3 nitrogen and oxygen atoms in total. The van der Waals surface area contributed by atoms with E-state index in [2.05, 4.69) is 20.8 Å². The average Bonchev–Trinajstić information content (AvgIpc) is 2.92. The Morgan fingerprint density at radius 1 is 1.08 bits per heavy atom. The lowest BCUT2D eigenvalue weighted by molar-refractivity contribution is -0.143. The minimum atomic E-state index is -0.641. The summed E-state index contributed by atoms with van der Waals surface area (Å²) in [7, 11) is 0. The number of hydrogen-bond donors (Lipinski definition) is 1. The molecular formula is C23H36O3. The molecule has 0 aromatic heterocycles. The van der Waals surface area contributed by atoms with Gasteiger partial charge in [-0.15, -0.1) is 0 Å². The number of aliphatic carboxylic acids is 1. The van der Waals surface area contributed by atoms with Crippen molar-refractivity contribution in [2.75, 3.05) is 0 Å². The van der Waals surface area contributed by atoms with Crippen molar-refractivity contribution in [3.8, 4) is 0 Å². The number of rotatable bonds is 3. The molecule has 0 aromatic carbocycles. The summed E-state index contributed by atoms with van der Waals surface area (Å²) in [4.78, 5) is 23.3. The van der Waals surface area contributed by atoms with E-state index >= 15 is 0 Å². The van der Waals surface area contributed by atoms with Crippen LogP contribution in [0.2, 0.25) is 0 Å². The van der Waals surface area contributed by atoms with Crippen LogP contribution in [0, 0.1) is 46.3 Å². The number of carbonyl (C=O) groups excluding carboxylic acids is 1. The van der Waals surface area contributed by atoms with Crippen LogP contribution in [0.15, 0.2) is 0 Å². The Morgan fingerprint density at radius 3 is 2.54 bits per heavy atom. The Balaban J connectivity index is 1.56. The van der Waals surface area contributed by atoms with E-state index in [4.69, 9.17) is 0 Å². The normalized spacial score (nSPS) is 49.0. The summed E-state index contributed by atoms with van der Waals surface area (Å²) in [5.41, 5.74) is 0.715. The van der Waals surface area contributed by atoms with E-state index < -0.39 is 5.97 Å². The lowest BCUT2D eigenvalue weighted by Crippen LogP contribution is -2.53. The van der Waals surface area contributed by atoms with Gasteiger partial charge in [0.15, 0.2) is 0 Å². The lowest BCUT2D eigenvalue weighted by atomic mass is 9.44. The van der Waals surface area contributed by atoms with E-state index in [9.17, 15) is 14.7 Å². The maximum absolute atomic E-state index is 12.0. The Morgan fingerprint density at radius 2 is 1.81 bits per heavy atom. The van der Waals surface area contributed by atoms with Gasteiger partial charge in [-0.25, -0.2) is 0 Å². The van der Waals surface area contributed by atoms with E-state index in [0.717, 1.165) is 37.0 Å². The topological polar surface area (TPSA) is 54.4 Å². The van der Waals surface area contributed by atoms with Crippen LogP contribution in [0.3, 0.4) is 0 Å². The molecular weight excluding hydrogens is 324 g/mol. The summed E-state index contributed by atoms with van der Waals surface area (Å²) in [6.45, 7) is 7.16. The Hall–Kier alpha value is -0.860. The summed E-state index contributed by atoms with van der Waals surface area (Å²) < 4.78 is 0. The molecule has 3 heteroatoms. The number of fused-ring (bicyclic) bond motifs is 5. The zero-order chi connectivity index (χ0) is 18.7. The highest BCUT2D eigenvalue weighted by molar-refractivity contribution is 5.79. The molecule has 26 heavy (non-hydrogen) atoms. The Kier molecular flexibility index (Phi) is 4.51. The average molecular weight is 361 g/mol. The number of carboxylic acids is 1. The molecule has 0 saturated heterocycles. The monoisotopic (exact) mass is 360 g/mol. The molecule has 1 N–H and O–H groups in total. The molecule has 0 bridgehead atoms. The van der Waals surface area contributed by atoms with Gasteiger partial charge in [0.1, 0.15) is 5.78 Å². The fourth-order valence-corrected chi connectivity index (χ4v) is 8.44. The minimum absolute atomic E-state index is 0.290. The zero-order valence-corrected chi connectivity index (χ0v) is 16.8. The summed E-state index contributed by atoms with van der Waals surface area (Å²) >= 11 is 0. The van der Waals surface area contributed by atoms with Gasteiger partial charge in [-0.1, -0.05) is 20.8 Å². The third-order valence-electron chi connectivity index (χ3n) is 9.74. The predicted octanol–water partition coefficient (Wildman–Crippen LogP) is 5.33. The number of Topliss-reactive ketones (excluding diaryl/α,β-unsaturated/α-hetero) is 1. The molecule has 0 radical (unpaired) electrons. The van der Waals surface area contributed by atoms with E-state index in [1.807, 2.05) is 0 Å². The first kappa shape index (κ1) is 18.5. The van der Waals surface area contributed by atoms with Crippen LogP contribution in [0.4, 0.5) is 0 Å². The zero-order valence-electron chi connectivity index (χ0n) is 16.8. The standard InChI is InChI=1S/C23H36O3/c1-14(12-21(25)26)18-6-7-19-17-5-4-15-13-16(24)8-10-22(15,2)20(17)9-11-23(18,19)3/h14-15,17-20H,4-13H2,1-3H3,(H,25,26)/t14-,15-,17+,18-,19+,20+,22+,23-/m1/s1. The molecule has 0 unspecified atom stereocenters. The van der Waals surface area contributed by atoms with E-state index in [0.29, 0.717) is 40.8 Å². The number of carbonyl (C=O) groups is 2. The summed E-state index contributed by atoms with van der Waals surface area (Å²) in [6.07, 6.45) is 10.7. The fourth-order valence-electron chi connectivity index (χ4n) is 8.44. The van der Waals surface area contributed by atoms with Crippen LogP contribution < -0.4 is 0 Å². The quantitative estimate of drug-likeness (QED) is 0.740. The maximum atomic E-state index is 12.0. The molecule has 4 fully saturated rings. The SMILES string of the molecule is C[C@H](CC(=O)O)[C@H]1CC[C@H]2[C@@H]3CC[C@@H]4CC(=O)CC[C@]4(C)[C@H]3CC[C@]12C. The lowest BCUT2D eigenvalue weighted by Gasteiger charge is -2.60. The summed E-state index contributed by atoms with van der Waals surface area (Å²) in [5.74, 6) is 3.72. The van der Waals surface area contributed by atoms with Crippen molar-refractivity contribution in [3.05, 3.63) is 0 Å². The van der Waals surface area contributed by atoms with Crippen molar-refractivity contribution < 1.29 is 14.7 Å². The molecule has 4 saturated carbocycles. The Bertz CT molecular complexity index is 598. The molecule has 4 rings (SSSR count). The van der Waals surface area contributed by atoms with Gasteiger partial charge in [0, 0.05) is 19.3 Å². The molecule has 0 spiro atoms. The minimum Gasteiger partial charge on any atom is -0.481 e. The van der Waals surface area contributed by atoms with Crippen LogP contribution in [0.25, 0.3) is 0 Å². The largest absolute Gasteiger partial charge is 0.481 e. The van der Waals surface area contributed by atoms with Gasteiger partial charge in [0.2, 0.25) is 0 Å². The van der Waals surface area contributed by atoms with Crippen LogP contribution in [-0.4, -0.2) is 16.9 Å². The molecule has 0 aromatic rings. The van der Waals surface area contributed by atoms with Crippen molar-refractivity contribution in [1.29, 1.82) is 0 Å². The molecule has 146 valence electrons. The van der Waals surface area contributed by atoms with E-state index in [1.54, 1.807) is 0 Å². The van der Waals surface area contributed by atoms with Crippen molar-refractivity contribution in [2.45, 2.75) is 85.0 Å². The highest BCUT2D eigenvalue weighted by Gasteiger charge is 2.60. The smallest absolute Gasteiger partial charge is 0.303 e. The highest BCUT2D eigenvalue weighted by Crippen LogP contribution is 2.68. The molecule has 4 aliphatic carbocycles. The van der Waals surface area contributed by atoms with Crippen molar-refractivity contribution in [3.63, 3.8) is 0 Å². The molecule has 4 aliphatic rings.